The molecule has 6 nitrogen and oxygen atoms in total. The highest BCUT2D eigenvalue weighted by atomic mass is 32.2. The number of likely N-dealkylation sites (tertiary alicyclic amines) is 1. The van der Waals surface area contributed by atoms with Gasteiger partial charge < -0.3 is 14.4 Å². The highest BCUT2D eigenvalue weighted by molar-refractivity contribution is 8.18. The first-order valence-corrected chi connectivity index (χ1v) is 9.51. The smallest absolute Gasteiger partial charge is 0.309 e. The lowest BCUT2D eigenvalue weighted by Crippen LogP contribution is -2.39. The predicted molar refractivity (Wildman–Crippen MR) is 102 cm³/mol. The van der Waals surface area contributed by atoms with E-state index in [-0.39, 0.29) is 17.8 Å². The summed E-state index contributed by atoms with van der Waals surface area (Å²) in [6.07, 6.45) is 3.25. The minimum Gasteiger partial charge on any atom is -0.496 e. The molecule has 0 unspecified atom stereocenters. The van der Waals surface area contributed by atoms with Crippen LogP contribution in [0.4, 0.5) is 0 Å². The van der Waals surface area contributed by atoms with Crippen molar-refractivity contribution in [2.24, 2.45) is 10.9 Å². The van der Waals surface area contributed by atoms with E-state index in [2.05, 4.69) is 9.89 Å². The summed E-state index contributed by atoms with van der Waals surface area (Å²) in [5.74, 6) is 0.305. The highest BCUT2D eigenvalue weighted by Gasteiger charge is 2.31. The van der Waals surface area contributed by atoms with Gasteiger partial charge in [0.2, 0.25) is 0 Å². The monoisotopic (exact) mass is 374 g/mol. The van der Waals surface area contributed by atoms with Crippen molar-refractivity contribution >= 4 is 34.9 Å². The van der Waals surface area contributed by atoms with Crippen molar-refractivity contribution in [3.8, 4) is 5.75 Å². The number of carbonyl (C=O) groups is 2. The Labute approximate surface area is 157 Å². The fourth-order valence-electron chi connectivity index (χ4n) is 3.03. The summed E-state index contributed by atoms with van der Waals surface area (Å²) in [6.45, 7) is 3.63. The van der Waals surface area contributed by atoms with Crippen LogP contribution in [-0.2, 0) is 14.3 Å². The molecule has 1 aromatic carbocycles. The largest absolute Gasteiger partial charge is 0.496 e. The number of piperidine rings is 1. The van der Waals surface area contributed by atoms with Gasteiger partial charge in [0.25, 0.3) is 5.91 Å². The predicted octanol–water partition coefficient (Wildman–Crippen LogP) is 2.94. The molecular formula is C19H22N2O4S. The Morgan fingerprint density at radius 2 is 2.08 bits per heavy atom. The van der Waals surface area contributed by atoms with E-state index < -0.39 is 0 Å². The van der Waals surface area contributed by atoms with E-state index in [9.17, 15) is 9.59 Å². The van der Waals surface area contributed by atoms with Gasteiger partial charge in [-0.1, -0.05) is 18.2 Å². The normalized spacial score (nSPS) is 19.6. The second kappa shape index (κ2) is 8.40. The van der Waals surface area contributed by atoms with Crippen molar-refractivity contribution in [1.82, 2.24) is 4.90 Å². The Morgan fingerprint density at radius 1 is 1.35 bits per heavy atom. The number of para-hydroxylation sites is 1. The number of ether oxygens (including phenoxy) is 2. The van der Waals surface area contributed by atoms with Crippen molar-refractivity contribution in [2.75, 3.05) is 26.8 Å². The van der Waals surface area contributed by atoms with E-state index in [0.29, 0.717) is 29.8 Å². The van der Waals surface area contributed by atoms with Gasteiger partial charge in [-0.3, -0.25) is 9.59 Å². The van der Waals surface area contributed by atoms with Crippen molar-refractivity contribution in [3.05, 3.63) is 34.7 Å². The molecular weight excluding hydrogens is 352 g/mol. The first-order chi connectivity index (χ1) is 12.6. The number of amides is 1. The van der Waals surface area contributed by atoms with Crippen LogP contribution in [0.5, 0.6) is 5.75 Å². The summed E-state index contributed by atoms with van der Waals surface area (Å²) >= 11 is 1.37. The average Bonchev–Trinajstić information content (AvgIpc) is 3.03. The molecule has 1 aromatic rings. The van der Waals surface area contributed by atoms with Crippen LogP contribution in [0, 0.1) is 5.92 Å². The third-order valence-electron chi connectivity index (χ3n) is 4.42. The van der Waals surface area contributed by atoms with Crippen molar-refractivity contribution in [1.29, 1.82) is 0 Å². The molecule has 0 spiro atoms. The van der Waals surface area contributed by atoms with Gasteiger partial charge >= 0.3 is 5.97 Å². The summed E-state index contributed by atoms with van der Waals surface area (Å²) in [6, 6.07) is 7.56. The highest BCUT2D eigenvalue weighted by Crippen LogP contribution is 2.33. The zero-order valence-electron chi connectivity index (χ0n) is 14.9. The molecule has 1 saturated heterocycles. The molecule has 3 rings (SSSR count). The molecule has 0 N–H and O–H groups in total. The summed E-state index contributed by atoms with van der Waals surface area (Å²) in [5, 5.41) is 0.707. The maximum Gasteiger partial charge on any atom is 0.309 e. The number of methoxy groups -OCH3 is 1. The van der Waals surface area contributed by atoms with Crippen LogP contribution in [0.25, 0.3) is 6.08 Å². The molecule has 26 heavy (non-hydrogen) atoms. The Balaban J connectivity index is 1.64. The van der Waals surface area contributed by atoms with Crippen LogP contribution in [-0.4, -0.2) is 48.8 Å². The van der Waals surface area contributed by atoms with Crippen LogP contribution >= 0.6 is 11.8 Å². The minimum absolute atomic E-state index is 0.0579. The first kappa shape index (κ1) is 18.5. The lowest BCUT2D eigenvalue weighted by atomic mass is 9.97. The molecule has 0 aliphatic carbocycles. The number of benzene rings is 1. The summed E-state index contributed by atoms with van der Waals surface area (Å²) in [4.78, 5) is 31.0. The van der Waals surface area contributed by atoms with E-state index >= 15 is 0 Å². The van der Waals surface area contributed by atoms with Gasteiger partial charge in [0.15, 0.2) is 5.17 Å². The molecule has 0 atom stereocenters. The second-order valence-corrected chi connectivity index (χ2v) is 7.07. The second-order valence-electron chi connectivity index (χ2n) is 6.07. The molecule has 2 heterocycles. The van der Waals surface area contributed by atoms with Crippen LogP contribution in [0.3, 0.4) is 0 Å². The average molecular weight is 374 g/mol. The topological polar surface area (TPSA) is 68.2 Å². The number of thioether (sulfide) groups is 1. The van der Waals surface area contributed by atoms with Crippen LogP contribution in [0.2, 0.25) is 0 Å². The van der Waals surface area contributed by atoms with Crippen molar-refractivity contribution in [2.45, 2.75) is 19.8 Å². The zero-order chi connectivity index (χ0) is 18.5. The standard InChI is InChI=1S/C19H22N2O4S/c1-3-25-18(23)13-8-10-21(11-9-13)19-20-17(22)16(26-19)12-14-6-4-5-7-15(14)24-2/h4-7,12-13H,3,8-11H2,1-2H3/b16-12+. The number of rotatable bonds is 4. The maximum absolute atomic E-state index is 12.3. The van der Waals surface area contributed by atoms with Gasteiger partial charge in [0.1, 0.15) is 5.75 Å². The molecule has 0 bridgehead atoms. The molecule has 7 heteroatoms. The fraction of sp³-hybridized carbons (Fsp3) is 0.421. The van der Waals surface area contributed by atoms with Crippen LogP contribution < -0.4 is 4.74 Å². The van der Waals surface area contributed by atoms with E-state index in [4.69, 9.17) is 9.47 Å². The Kier molecular flexibility index (Phi) is 5.98. The van der Waals surface area contributed by atoms with Gasteiger partial charge in [0, 0.05) is 18.7 Å². The van der Waals surface area contributed by atoms with Gasteiger partial charge in [-0.2, -0.15) is 4.99 Å². The number of aliphatic imine (C=N–C) groups is 1. The molecule has 0 aromatic heterocycles. The molecule has 1 amide bonds. The van der Waals surface area contributed by atoms with Crippen molar-refractivity contribution < 1.29 is 19.1 Å². The van der Waals surface area contributed by atoms with Crippen molar-refractivity contribution in [3.63, 3.8) is 0 Å². The summed E-state index contributed by atoms with van der Waals surface area (Å²) in [5.41, 5.74) is 0.850. The Bertz CT molecular complexity index is 752. The SMILES string of the molecule is CCOC(=O)C1CCN(C2=NC(=O)/C(=C\c3ccccc3OC)S2)CC1. The molecule has 2 aliphatic rings. The third kappa shape index (κ3) is 4.09. The van der Waals surface area contributed by atoms with Gasteiger partial charge in [0.05, 0.1) is 24.5 Å². The van der Waals surface area contributed by atoms with Gasteiger partial charge in [-0.25, -0.2) is 0 Å². The lowest BCUT2D eigenvalue weighted by molar-refractivity contribution is -0.149. The van der Waals surface area contributed by atoms with E-state index in [1.807, 2.05) is 37.3 Å². The number of esters is 1. The molecule has 0 saturated carbocycles. The number of hydrogen-bond donors (Lipinski definition) is 0. The van der Waals surface area contributed by atoms with E-state index in [0.717, 1.165) is 24.2 Å². The number of amidine groups is 1. The summed E-state index contributed by atoms with van der Waals surface area (Å²) in [7, 11) is 1.61. The number of hydrogen-bond acceptors (Lipinski definition) is 6. The first-order valence-electron chi connectivity index (χ1n) is 8.69. The van der Waals surface area contributed by atoms with Crippen LogP contribution in [0.15, 0.2) is 34.2 Å². The van der Waals surface area contributed by atoms with E-state index in [1.165, 1.54) is 11.8 Å². The van der Waals surface area contributed by atoms with Gasteiger partial charge in [-0.15, -0.1) is 0 Å². The Morgan fingerprint density at radius 3 is 2.77 bits per heavy atom. The lowest BCUT2D eigenvalue weighted by Gasteiger charge is -2.31. The minimum atomic E-state index is -0.233. The maximum atomic E-state index is 12.3. The molecule has 2 aliphatic heterocycles. The number of nitrogens with zero attached hydrogens (tertiary/aromatic N) is 2. The quantitative estimate of drug-likeness (QED) is 0.596. The summed E-state index contributed by atoms with van der Waals surface area (Å²) < 4.78 is 10.4. The zero-order valence-corrected chi connectivity index (χ0v) is 15.8. The van der Waals surface area contributed by atoms with E-state index in [1.54, 1.807) is 7.11 Å². The van der Waals surface area contributed by atoms with Gasteiger partial charge in [-0.05, 0) is 43.7 Å². The third-order valence-corrected chi connectivity index (χ3v) is 5.46. The molecule has 1 fully saturated rings. The van der Waals surface area contributed by atoms with Crippen LogP contribution in [0.1, 0.15) is 25.3 Å². The molecule has 138 valence electrons. The fourth-order valence-corrected chi connectivity index (χ4v) is 3.98. The molecule has 0 radical (unpaired) electrons. The number of carbonyl (C=O) groups excluding carboxylic acids is 2. The Hall–Kier alpha value is -2.28.